The molecule has 31 heavy (non-hydrogen) atoms. The van der Waals surface area contributed by atoms with Crippen LogP contribution in [0.15, 0.2) is 53.5 Å². The summed E-state index contributed by atoms with van der Waals surface area (Å²) in [4.78, 5) is 16.1. The fourth-order valence-electron chi connectivity index (χ4n) is 2.78. The zero-order valence-electron chi connectivity index (χ0n) is 17.7. The van der Waals surface area contributed by atoms with Crippen molar-refractivity contribution >= 4 is 11.9 Å². The molecule has 0 aromatic heterocycles. The van der Waals surface area contributed by atoms with Gasteiger partial charge in [0.25, 0.3) is 5.91 Å². The predicted octanol–water partition coefficient (Wildman–Crippen LogP) is 3.17. The molecule has 168 valence electrons. The Morgan fingerprint density at radius 2 is 1.77 bits per heavy atom. The highest BCUT2D eigenvalue weighted by Gasteiger charge is 2.16. The van der Waals surface area contributed by atoms with Gasteiger partial charge in [-0.1, -0.05) is 30.3 Å². The highest BCUT2D eigenvalue weighted by atomic mass is 19.3. The number of guanidine groups is 1. The zero-order chi connectivity index (χ0) is 22.5. The number of amides is 1. The van der Waals surface area contributed by atoms with Crippen molar-refractivity contribution in [3.8, 4) is 11.5 Å². The summed E-state index contributed by atoms with van der Waals surface area (Å²) in [5, 5.41) is 9.04. The van der Waals surface area contributed by atoms with Gasteiger partial charge in [0.2, 0.25) is 0 Å². The Kier molecular flexibility index (Phi) is 10.1. The molecule has 2 rings (SSSR count). The van der Waals surface area contributed by atoms with E-state index in [0.717, 1.165) is 0 Å². The third kappa shape index (κ3) is 8.12. The third-order valence-electron chi connectivity index (χ3n) is 4.20. The second-order valence-electron chi connectivity index (χ2n) is 6.38. The molecule has 0 saturated carbocycles. The summed E-state index contributed by atoms with van der Waals surface area (Å²) in [6.45, 7) is 0.428. The Balaban J connectivity index is 1.80. The number of hydrogen-bond acceptors (Lipinski definition) is 4. The molecule has 2 aromatic rings. The number of nitrogens with zero attached hydrogens (tertiary/aromatic N) is 1. The van der Waals surface area contributed by atoms with Gasteiger partial charge in [-0.15, -0.1) is 0 Å². The molecule has 3 N–H and O–H groups in total. The predicted molar refractivity (Wildman–Crippen MR) is 116 cm³/mol. The number of aliphatic imine (C=N–C) groups is 1. The van der Waals surface area contributed by atoms with Crippen molar-refractivity contribution in [3.63, 3.8) is 0 Å². The molecule has 0 aliphatic carbocycles. The average molecular weight is 434 g/mol. The molecule has 0 aliphatic heterocycles. The Morgan fingerprint density at radius 3 is 2.45 bits per heavy atom. The SMILES string of the molecule is CCOc1cccc(CNC(=NC)NCCCNC(=O)c2ccccc2)c1OC(F)F. The lowest BCUT2D eigenvalue weighted by atomic mass is 10.2. The molecule has 1 amide bonds. The van der Waals surface area contributed by atoms with Crippen LogP contribution in [0.3, 0.4) is 0 Å². The molecule has 2 aromatic carbocycles. The van der Waals surface area contributed by atoms with Crippen LogP contribution < -0.4 is 25.4 Å². The van der Waals surface area contributed by atoms with Crippen molar-refractivity contribution in [2.75, 3.05) is 26.7 Å². The van der Waals surface area contributed by atoms with E-state index in [1.165, 1.54) is 0 Å². The van der Waals surface area contributed by atoms with Crippen LogP contribution in [0.2, 0.25) is 0 Å². The lowest BCUT2D eigenvalue weighted by Crippen LogP contribution is -2.38. The van der Waals surface area contributed by atoms with E-state index >= 15 is 0 Å². The lowest BCUT2D eigenvalue weighted by Gasteiger charge is -2.17. The zero-order valence-corrected chi connectivity index (χ0v) is 17.7. The summed E-state index contributed by atoms with van der Waals surface area (Å²) in [6.07, 6.45) is 0.679. The van der Waals surface area contributed by atoms with Gasteiger partial charge in [0.15, 0.2) is 17.5 Å². The number of benzene rings is 2. The maximum absolute atomic E-state index is 12.8. The molecular weight excluding hydrogens is 406 g/mol. The van der Waals surface area contributed by atoms with E-state index in [1.807, 2.05) is 18.2 Å². The normalized spacial score (nSPS) is 11.2. The number of halogens is 2. The van der Waals surface area contributed by atoms with Crippen molar-refractivity contribution in [2.45, 2.75) is 26.5 Å². The number of alkyl halides is 2. The monoisotopic (exact) mass is 434 g/mol. The third-order valence-corrected chi connectivity index (χ3v) is 4.20. The number of para-hydroxylation sites is 1. The number of hydrogen-bond donors (Lipinski definition) is 3. The van der Waals surface area contributed by atoms with E-state index in [4.69, 9.17) is 4.74 Å². The van der Waals surface area contributed by atoms with Crippen LogP contribution in [-0.2, 0) is 6.54 Å². The highest BCUT2D eigenvalue weighted by molar-refractivity contribution is 5.94. The molecule has 0 bridgehead atoms. The van der Waals surface area contributed by atoms with Gasteiger partial charge in [-0.2, -0.15) is 8.78 Å². The molecule has 0 saturated heterocycles. The first-order valence-corrected chi connectivity index (χ1v) is 10.0. The number of rotatable bonds is 11. The van der Waals surface area contributed by atoms with E-state index in [2.05, 4.69) is 25.7 Å². The van der Waals surface area contributed by atoms with Gasteiger partial charge in [-0.25, -0.2) is 0 Å². The molecule has 0 atom stereocenters. The first-order chi connectivity index (χ1) is 15.0. The van der Waals surface area contributed by atoms with E-state index in [-0.39, 0.29) is 24.0 Å². The van der Waals surface area contributed by atoms with Gasteiger partial charge in [-0.05, 0) is 31.5 Å². The Hall–Kier alpha value is -3.36. The Morgan fingerprint density at radius 1 is 1.03 bits per heavy atom. The maximum Gasteiger partial charge on any atom is 0.387 e. The fourth-order valence-corrected chi connectivity index (χ4v) is 2.78. The molecule has 9 heteroatoms. The summed E-state index contributed by atoms with van der Waals surface area (Å²) >= 11 is 0. The minimum absolute atomic E-state index is 0.00549. The summed E-state index contributed by atoms with van der Waals surface area (Å²) < 4.78 is 35.7. The van der Waals surface area contributed by atoms with Crippen LogP contribution in [0.5, 0.6) is 11.5 Å². The lowest BCUT2D eigenvalue weighted by molar-refractivity contribution is -0.0520. The van der Waals surface area contributed by atoms with Gasteiger partial charge < -0.3 is 25.4 Å². The smallest absolute Gasteiger partial charge is 0.387 e. The summed E-state index contributed by atoms with van der Waals surface area (Å²) in [6, 6.07) is 14.0. The topological polar surface area (TPSA) is 84.0 Å². The second kappa shape index (κ2) is 13.0. The molecule has 0 fully saturated rings. The summed E-state index contributed by atoms with van der Waals surface area (Å²) in [5.41, 5.74) is 1.13. The van der Waals surface area contributed by atoms with Crippen LogP contribution in [0, 0.1) is 0 Å². The van der Waals surface area contributed by atoms with Crippen molar-refractivity contribution in [3.05, 3.63) is 59.7 Å². The van der Waals surface area contributed by atoms with Crippen molar-refractivity contribution in [1.29, 1.82) is 0 Å². The maximum atomic E-state index is 12.8. The summed E-state index contributed by atoms with van der Waals surface area (Å²) in [5.74, 6) is 0.646. The fraction of sp³-hybridized carbons (Fsp3) is 0.364. The second-order valence-corrected chi connectivity index (χ2v) is 6.38. The largest absolute Gasteiger partial charge is 0.490 e. The van der Waals surface area contributed by atoms with Gasteiger partial charge in [-0.3, -0.25) is 9.79 Å². The van der Waals surface area contributed by atoms with E-state index in [0.29, 0.717) is 43.2 Å². The summed E-state index contributed by atoms with van der Waals surface area (Å²) in [7, 11) is 1.61. The first kappa shape index (κ1) is 23.9. The molecule has 0 unspecified atom stereocenters. The number of ether oxygens (including phenoxy) is 2. The highest BCUT2D eigenvalue weighted by Crippen LogP contribution is 2.32. The number of nitrogens with one attached hydrogen (secondary N) is 3. The van der Waals surface area contributed by atoms with E-state index < -0.39 is 6.61 Å². The van der Waals surface area contributed by atoms with Gasteiger partial charge in [0, 0.05) is 37.8 Å². The van der Waals surface area contributed by atoms with Gasteiger partial charge in [0.1, 0.15) is 0 Å². The number of carbonyl (C=O) groups excluding carboxylic acids is 1. The van der Waals surface area contributed by atoms with Crippen molar-refractivity contribution in [2.24, 2.45) is 4.99 Å². The van der Waals surface area contributed by atoms with Crippen LogP contribution in [0.25, 0.3) is 0 Å². The number of carbonyl (C=O) groups is 1. The van der Waals surface area contributed by atoms with E-state index in [9.17, 15) is 13.6 Å². The minimum Gasteiger partial charge on any atom is -0.490 e. The molecule has 7 nitrogen and oxygen atoms in total. The van der Waals surface area contributed by atoms with Gasteiger partial charge in [0.05, 0.1) is 6.61 Å². The average Bonchev–Trinajstić information content (AvgIpc) is 2.77. The molecule has 0 aliphatic rings. The quantitative estimate of drug-likeness (QED) is 0.287. The Labute approximate surface area is 180 Å². The van der Waals surface area contributed by atoms with Gasteiger partial charge >= 0.3 is 6.61 Å². The molecule has 0 radical (unpaired) electrons. The molecule has 0 spiro atoms. The van der Waals surface area contributed by atoms with Crippen molar-refractivity contribution < 1.29 is 23.0 Å². The van der Waals surface area contributed by atoms with Crippen molar-refractivity contribution in [1.82, 2.24) is 16.0 Å². The van der Waals surface area contributed by atoms with Crippen LogP contribution in [0.1, 0.15) is 29.3 Å². The molecule has 0 heterocycles. The van der Waals surface area contributed by atoms with Crippen LogP contribution >= 0.6 is 0 Å². The van der Waals surface area contributed by atoms with Crippen LogP contribution in [-0.4, -0.2) is 45.2 Å². The standard InChI is InChI=1S/C22H28F2N4O3/c1-3-30-18-12-7-11-17(19(18)31-21(23)24)15-28-22(25-2)27-14-8-13-26-20(29)16-9-5-4-6-10-16/h4-7,9-12,21H,3,8,13-15H2,1-2H3,(H,26,29)(H2,25,27,28). The Bertz CT molecular complexity index is 848. The van der Waals surface area contributed by atoms with Crippen LogP contribution in [0.4, 0.5) is 8.78 Å². The van der Waals surface area contributed by atoms with E-state index in [1.54, 1.807) is 44.3 Å². The molecular formula is C22H28F2N4O3. The first-order valence-electron chi connectivity index (χ1n) is 10.0. The minimum atomic E-state index is -2.95.